The second-order valence-corrected chi connectivity index (χ2v) is 8.46. The second kappa shape index (κ2) is 8.97. The van der Waals surface area contributed by atoms with Gasteiger partial charge in [-0.3, -0.25) is 9.69 Å². The molecule has 1 fully saturated rings. The highest BCUT2D eigenvalue weighted by atomic mass is 79.9. The molecule has 1 aliphatic heterocycles. The molecule has 1 aliphatic rings. The zero-order chi connectivity index (χ0) is 20.2. The number of likely N-dealkylation sites (tertiary alicyclic amines) is 1. The van der Waals surface area contributed by atoms with Crippen molar-refractivity contribution in [1.82, 2.24) is 15.4 Å². The molecule has 1 amide bonds. The summed E-state index contributed by atoms with van der Waals surface area (Å²) in [7, 11) is 0. The summed E-state index contributed by atoms with van der Waals surface area (Å²) in [5, 5.41) is 6.94. The summed E-state index contributed by atoms with van der Waals surface area (Å²) in [5.74, 6) is 1.93. The van der Waals surface area contributed by atoms with Crippen LogP contribution in [0.25, 0.3) is 11.3 Å². The van der Waals surface area contributed by atoms with E-state index in [9.17, 15) is 4.79 Å². The largest absolute Gasteiger partial charge is 0.468 e. The van der Waals surface area contributed by atoms with Gasteiger partial charge in [0.2, 0.25) is 0 Å². The van der Waals surface area contributed by atoms with Gasteiger partial charge in [-0.05, 0) is 56.1 Å². The Labute approximate surface area is 178 Å². The SMILES string of the molecule is CC1CCN([C@H](CNC(=O)c2cc(-c3ccc(Br)cc3)on2)c2ccco2)CC1. The molecule has 0 bridgehead atoms. The lowest BCUT2D eigenvalue weighted by Gasteiger charge is -2.35. The number of carbonyl (C=O) groups is 1. The molecule has 0 spiro atoms. The highest BCUT2D eigenvalue weighted by Gasteiger charge is 2.27. The molecule has 0 radical (unpaired) electrons. The highest BCUT2D eigenvalue weighted by Crippen LogP contribution is 2.27. The van der Waals surface area contributed by atoms with Crippen molar-refractivity contribution in [2.24, 2.45) is 5.92 Å². The number of furan rings is 1. The van der Waals surface area contributed by atoms with Crippen molar-refractivity contribution < 1.29 is 13.7 Å². The first-order chi connectivity index (χ1) is 14.1. The number of rotatable bonds is 6. The standard InChI is InChI=1S/C22H24BrN3O3/c1-15-8-10-26(11-9-15)19(20-3-2-12-28-20)14-24-22(27)18-13-21(29-25-18)16-4-6-17(23)7-5-16/h2-7,12-13,15,19H,8-11,14H2,1H3,(H,24,27)/t19-/m1/s1. The Balaban J connectivity index is 1.42. The van der Waals surface area contributed by atoms with Crippen LogP contribution in [0.4, 0.5) is 0 Å². The van der Waals surface area contributed by atoms with E-state index >= 15 is 0 Å². The van der Waals surface area contributed by atoms with Gasteiger partial charge >= 0.3 is 0 Å². The van der Waals surface area contributed by atoms with Crippen LogP contribution in [0.3, 0.4) is 0 Å². The second-order valence-electron chi connectivity index (χ2n) is 7.54. The normalized spacial score (nSPS) is 16.6. The Kier molecular flexibility index (Phi) is 6.16. The minimum Gasteiger partial charge on any atom is -0.468 e. The summed E-state index contributed by atoms with van der Waals surface area (Å²) < 4.78 is 12.0. The maximum absolute atomic E-state index is 12.7. The molecule has 4 rings (SSSR count). The summed E-state index contributed by atoms with van der Waals surface area (Å²) >= 11 is 3.41. The van der Waals surface area contributed by atoms with Gasteiger partial charge in [0.05, 0.1) is 12.3 Å². The van der Waals surface area contributed by atoms with E-state index in [4.69, 9.17) is 8.94 Å². The highest BCUT2D eigenvalue weighted by molar-refractivity contribution is 9.10. The number of hydrogen-bond acceptors (Lipinski definition) is 5. The van der Waals surface area contributed by atoms with Crippen LogP contribution in [0.1, 0.15) is 42.1 Å². The molecule has 2 aromatic heterocycles. The lowest BCUT2D eigenvalue weighted by atomic mass is 9.97. The fourth-order valence-corrected chi connectivity index (χ4v) is 3.91. The lowest BCUT2D eigenvalue weighted by molar-refractivity contribution is 0.0887. The Morgan fingerprint density at radius 1 is 1.28 bits per heavy atom. The molecule has 1 atom stereocenters. The summed E-state index contributed by atoms with van der Waals surface area (Å²) in [6.07, 6.45) is 3.99. The Morgan fingerprint density at radius 2 is 2.03 bits per heavy atom. The van der Waals surface area contributed by atoms with E-state index in [0.29, 0.717) is 12.3 Å². The van der Waals surface area contributed by atoms with E-state index in [1.165, 1.54) is 0 Å². The number of benzene rings is 1. The van der Waals surface area contributed by atoms with Crippen molar-refractivity contribution in [3.8, 4) is 11.3 Å². The maximum Gasteiger partial charge on any atom is 0.273 e. The average molecular weight is 458 g/mol. The summed E-state index contributed by atoms with van der Waals surface area (Å²) in [4.78, 5) is 15.0. The first-order valence-electron chi connectivity index (χ1n) is 9.88. The molecule has 3 aromatic rings. The van der Waals surface area contributed by atoms with Gasteiger partial charge in [-0.1, -0.05) is 40.1 Å². The Morgan fingerprint density at radius 3 is 2.72 bits per heavy atom. The van der Waals surface area contributed by atoms with Crippen molar-refractivity contribution in [2.75, 3.05) is 19.6 Å². The third kappa shape index (κ3) is 4.79. The number of hydrogen-bond donors (Lipinski definition) is 1. The van der Waals surface area contributed by atoms with E-state index in [0.717, 1.165) is 47.6 Å². The molecule has 29 heavy (non-hydrogen) atoms. The van der Waals surface area contributed by atoms with Crippen LogP contribution in [0.5, 0.6) is 0 Å². The van der Waals surface area contributed by atoms with Gasteiger partial charge in [-0.25, -0.2) is 0 Å². The van der Waals surface area contributed by atoms with E-state index < -0.39 is 0 Å². The number of nitrogens with zero attached hydrogens (tertiary/aromatic N) is 2. The first-order valence-corrected chi connectivity index (χ1v) is 10.7. The molecule has 6 nitrogen and oxygen atoms in total. The minimum absolute atomic E-state index is 0.0132. The number of nitrogens with one attached hydrogen (secondary N) is 1. The molecule has 1 aromatic carbocycles. The average Bonchev–Trinajstić information content (AvgIpc) is 3.42. The molecule has 1 saturated heterocycles. The van der Waals surface area contributed by atoms with Crippen molar-refractivity contribution in [1.29, 1.82) is 0 Å². The molecule has 0 saturated carbocycles. The minimum atomic E-state index is -0.251. The third-order valence-electron chi connectivity index (χ3n) is 5.46. The Hall–Kier alpha value is -2.38. The lowest BCUT2D eigenvalue weighted by Crippen LogP contribution is -2.41. The van der Waals surface area contributed by atoms with Crippen LogP contribution in [0, 0.1) is 5.92 Å². The number of aromatic nitrogens is 1. The molecule has 7 heteroatoms. The summed E-state index contributed by atoms with van der Waals surface area (Å²) in [6.45, 7) is 4.75. The van der Waals surface area contributed by atoms with Crippen LogP contribution in [0.15, 0.2) is 62.1 Å². The van der Waals surface area contributed by atoms with Crippen LogP contribution < -0.4 is 5.32 Å². The summed E-state index contributed by atoms with van der Waals surface area (Å²) in [5.41, 5.74) is 1.14. The monoisotopic (exact) mass is 457 g/mol. The molecule has 0 unspecified atom stereocenters. The van der Waals surface area contributed by atoms with E-state index in [2.05, 4.69) is 38.2 Å². The van der Waals surface area contributed by atoms with Gasteiger partial charge in [0.15, 0.2) is 11.5 Å². The molecular weight excluding hydrogens is 434 g/mol. The van der Waals surface area contributed by atoms with Crippen LogP contribution in [-0.2, 0) is 0 Å². The molecule has 152 valence electrons. The van der Waals surface area contributed by atoms with Crippen molar-refractivity contribution >= 4 is 21.8 Å². The van der Waals surface area contributed by atoms with E-state index in [1.807, 2.05) is 36.4 Å². The quantitative estimate of drug-likeness (QED) is 0.569. The number of carbonyl (C=O) groups excluding carboxylic acids is 1. The van der Waals surface area contributed by atoms with Gasteiger partial charge in [0, 0.05) is 22.6 Å². The topological polar surface area (TPSA) is 71.5 Å². The van der Waals surface area contributed by atoms with Crippen molar-refractivity contribution in [3.63, 3.8) is 0 Å². The predicted octanol–water partition coefficient (Wildman–Crippen LogP) is 4.90. The van der Waals surface area contributed by atoms with Gasteiger partial charge in [-0.15, -0.1) is 0 Å². The van der Waals surface area contributed by atoms with Gasteiger partial charge in [-0.2, -0.15) is 0 Å². The van der Waals surface area contributed by atoms with Crippen LogP contribution in [-0.4, -0.2) is 35.6 Å². The van der Waals surface area contributed by atoms with E-state index in [1.54, 1.807) is 12.3 Å². The first kappa shape index (κ1) is 19.9. The number of piperidine rings is 1. The third-order valence-corrected chi connectivity index (χ3v) is 5.99. The van der Waals surface area contributed by atoms with Crippen molar-refractivity contribution in [3.05, 3.63) is 64.7 Å². The zero-order valence-electron chi connectivity index (χ0n) is 16.3. The fourth-order valence-electron chi connectivity index (χ4n) is 3.64. The van der Waals surface area contributed by atoms with Crippen LogP contribution in [0.2, 0.25) is 0 Å². The number of halogens is 1. The smallest absolute Gasteiger partial charge is 0.273 e. The van der Waals surface area contributed by atoms with Gasteiger partial charge in [0.25, 0.3) is 5.91 Å². The van der Waals surface area contributed by atoms with Gasteiger partial charge in [0.1, 0.15) is 5.76 Å². The van der Waals surface area contributed by atoms with Crippen LogP contribution >= 0.6 is 15.9 Å². The molecule has 1 N–H and O–H groups in total. The predicted molar refractivity (Wildman–Crippen MR) is 113 cm³/mol. The zero-order valence-corrected chi connectivity index (χ0v) is 17.9. The number of amides is 1. The van der Waals surface area contributed by atoms with E-state index in [-0.39, 0.29) is 17.6 Å². The fraction of sp³-hybridized carbons (Fsp3) is 0.364. The van der Waals surface area contributed by atoms with Crippen molar-refractivity contribution in [2.45, 2.75) is 25.8 Å². The molecule has 3 heterocycles. The molecule has 0 aliphatic carbocycles. The Bertz CT molecular complexity index is 929. The summed E-state index contributed by atoms with van der Waals surface area (Å²) in [6, 6.07) is 13.2. The maximum atomic E-state index is 12.7. The van der Waals surface area contributed by atoms with Gasteiger partial charge < -0.3 is 14.3 Å². The molecular formula is C22H24BrN3O3.